The molecule has 2 aromatic rings. The van der Waals surface area contributed by atoms with Crippen molar-refractivity contribution in [3.05, 3.63) is 64.4 Å². The summed E-state index contributed by atoms with van der Waals surface area (Å²) < 4.78 is 0. The second-order valence-electron chi connectivity index (χ2n) is 6.87. The van der Waals surface area contributed by atoms with Gasteiger partial charge >= 0.3 is 0 Å². The Balaban J connectivity index is 1.84. The Labute approximate surface area is 146 Å². The average molecular weight is 339 g/mol. The highest BCUT2D eigenvalue weighted by Gasteiger charge is 2.41. The van der Waals surface area contributed by atoms with Gasteiger partial charge in [0.1, 0.15) is 5.76 Å². The number of Topliss-reactive ketones (excluding diaryl/α,β-unsaturated/α-hetero) is 1. The molecule has 2 aliphatic rings. The normalized spacial score (nSPS) is 23.0. The van der Waals surface area contributed by atoms with Gasteiger partial charge in [0.15, 0.2) is 5.78 Å². The number of halogens is 1. The Kier molecular flexibility index (Phi) is 3.73. The zero-order valence-corrected chi connectivity index (χ0v) is 14.3. The van der Waals surface area contributed by atoms with Crippen LogP contribution in [-0.4, -0.2) is 10.9 Å². The highest BCUT2D eigenvalue weighted by atomic mass is 35.5. The molecule has 0 heterocycles. The number of hydrogen-bond acceptors (Lipinski definition) is 2. The number of ketones is 1. The molecule has 24 heavy (non-hydrogen) atoms. The van der Waals surface area contributed by atoms with Crippen LogP contribution in [0.3, 0.4) is 0 Å². The summed E-state index contributed by atoms with van der Waals surface area (Å²) in [5.74, 6) is 0.642. The number of carbonyl (C=O) groups excluding carboxylic acids is 1. The fourth-order valence-electron chi connectivity index (χ4n) is 3.99. The van der Waals surface area contributed by atoms with Gasteiger partial charge in [0.2, 0.25) is 0 Å². The summed E-state index contributed by atoms with van der Waals surface area (Å²) in [6.45, 7) is 1.99. The smallest absolute Gasteiger partial charge is 0.169 e. The number of benzene rings is 2. The number of aliphatic hydroxyl groups excluding tert-OH is 1. The molecule has 0 radical (unpaired) electrons. The van der Waals surface area contributed by atoms with Crippen LogP contribution in [-0.2, 0) is 4.79 Å². The lowest BCUT2D eigenvalue weighted by molar-refractivity contribution is -0.117. The summed E-state index contributed by atoms with van der Waals surface area (Å²) in [6.07, 6.45) is 2.62. The van der Waals surface area contributed by atoms with Crippen molar-refractivity contribution in [1.29, 1.82) is 0 Å². The SMILES string of the molecule is Cc1ccc(-c2ccc(Cl)cc2)cc1C1=C(O)[C@H]2CC[C@H](C2)C1=O. The summed E-state index contributed by atoms with van der Waals surface area (Å²) in [7, 11) is 0. The van der Waals surface area contributed by atoms with Gasteiger partial charge in [0, 0.05) is 16.9 Å². The second kappa shape index (κ2) is 5.78. The van der Waals surface area contributed by atoms with E-state index in [0.717, 1.165) is 41.5 Å². The van der Waals surface area contributed by atoms with E-state index in [-0.39, 0.29) is 17.6 Å². The first-order chi connectivity index (χ1) is 11.5. The van der Waals surface area contributed by atoms with Gasteiger partial charge in [-0.05, 0) is 66.6 Å². The minimum Gasteiger partial charge on any atom is -0.511 e. The Morgan fingerprint density at radius 3 is 2.42 bits per heavy atom. The molecule has 0 spiro atoms. The molecule has 0 unspecified atom stereocenters. The van der Waals surface area contributed by atoms with Gasteiger partial charge in [-0.25, -0.2) is 0 Å². The molecule has 122 valence electrons. The van der Waals surface area contributed by atoms with Crippen LogP contribution in [0.15, 0.2) is 48.2 Å². The molecule has 1 fully saturated rings. The molecule has 2 bridgehead atoms. The topological polar surface area (TPSA) is 37.3 Å². The lowest BCUT2D eigenvalue weighted by Crippen LogP contribution is -2.21. The average Bonchev–Trinajstić information content (AvgIpc) is 3.03. The standard InChI is InChI=1S/C21H19ClO2/c1-12-2-3-14(13-6-8-17(22)9-7-13)11-18(12)19-20(23)15-4-5-16(10-15)21(19)24/h2-3,6-9,11,15-16,23H,4-5,10H2,1H3/t15-,16+/m0/s1. The molecule has 2 aromatic carbocycles. The maximum Gasteiger partial charge on any atom is 0.169 e. The largest absolute Gasteiger partial charge is 0.511 e. The lowest BCUT2D eigenvalue weighted by atomic mass is 9.81. The van der Waals surface area contributed by atoms with Crippen LogP contribution < -0.4 is 0 Å². The third kappa shape index (κ3) is 2.46. The number of fused-ring (bicyclic) bond motifs is 2. The first-order valence-electron chi connectivity index (χ1n) is 8.39. The first kappa shape index (κ1) is 15.5. The Morgan fingerprint density at radius 2 is 1.67 bits per heavy atom. The number of aryl methyl sites for hydroxylation is 1. The maximum absolute atomic E-state index is 12.8. The predicted molar refractivity (Wildman–Crippen MR) is 97.0 cm³/mol. The van der Waals surface area contributed by atoms with E-state index >= 15 is 0 Å². The summed E-state index contributed by atoms with van der Waals surface area (Å²) in [5.41, 5.74) is 4.50. The number of carbonyl (C=O) groups is 1. The highest BCUT2D eigenvalue weighted by molar-refractivity contribution is 6.30. The monoisotopic (exact) mass is 338 g/mol. The van der Waals surface area contributed by atoms with E-state index in [2.05, 4.69) is 0 Å². The van der Waals surface area contributed by atoms with Crippen molar-refractivity contribution in [3.8, 4) is 11.1 Å². The van der Waals surface area contributed by atoms with Gasteiger partial charge in [-0.2, -0.15) is 0 Å². The van der Waals surface area contributed by atoms with Crippen LogP contribution in [0.2, 0.25) is 5.02 Å². The summed E-state index contributed by atoms with van der Waals surface area (Å²) in [5, 5.41) is 11.3. The van der Waals surface area contributed by atoms with Crippen molar-refractivity contribution >= 4 is 23.0 Å². The molecule has 0 aliphatic heterocycles. The molecule has 0 aromatic heterocycles. The van der Waals surface area contributed by atoms with Gasteiger partial charge in [0.25, 0.3) is 0 Å². The van der Waals surface area contributed by atoms with E-state index < -0.39 is 0 Å². The van der Waals surface area contributed by atoms with Gasteiger partial charge in [-0.3, -0.25) is 4.79 Å². The van der Waals surface area contributed by atoms with Crippen LogP contribution >= 0.6 is 11.6 Å². The Bertz CT molecular complexity index is 849. The number of aliphatic hydroxyl groups is 1. The van der Waals surface area contributed by atoms with Crippen molar-refractivity contribution in [2.24, 2.45) is 11.8 Å². The van der Waals surface area contributed by atoms with Crippen LogP contribution in [0.25, 0.3) is 16.7 Å². The zero-order valence-electron chi connectivity index (χ0n) is 13.6. The minimum absolute atomic E-state index is 0.0829. The molecule has 4 rings (SSSR count). The van der Waals surface area contributed by atoms with Gasteiger partial charge < -0.3 is 5.11 Å². The summed E-state index contributed by atoms with van der Waals surface area (Å²) >= 11 is 5.97. The molecule has 1 saturated carbocycles. The van der Waals surface area contributed by atoms with Crippen LogP contribution in [0, 0.1) is 18.8 Å². The Hall–Kier alpha value is -2.06. The molecule has 0 amide bonds. The third-order valence-corrected chi connectivity index (χ3v) is 5.63. The fraction of sp³-hybridized carbons (Fsp3) is 0.286. The molecular formula is C21H19ClO2. The number of allylic oxidation sites excluding steroid dienone is 2. The zero-order chi connectivity index (χ0) is 16.8. The lowest BCUT2D eigenvalue weighted by Gasteiger charge is -2.23. The van der Waals surface area contributed by atoms with Gasteiger partial charge in [-0.1, -0.05) is 35.9 Å². The van der Waals surface area contributed by atoms with Crippen LogP contribution in [0.5, 0.6) is 0 Å². The molecule has 2 nitrogen and oxygen atoms in total. The highest BCUT2D eigenvalue weighted by Crippen LogP contribution is 2.46. The minimum atomic E-state index is 0.0829. The van der Waals surface area contributed by atoms with E-state index in [0.29, 0.717) is 16.4 Å². The molecule has 2 aliphatic carbocycles. The summed E-state index contributed by atoms with van der Waals surface area (Å²) in [4.78, 5) is 12.8. The molecular weight excluding hydrogens is 320 g/mol. The van der Waals surface area contributed by atoms with Gasteiger partial charge in [0.05, 0.1) is 5.57 Å². The predicted octanol–water partition coefficient (Wildman–Crippen LogP) is 5.58. The molecule has 3 heteroatoms. The number of rotatable bonds is 2. The summed E-state index contributed by atoms with van der Waals surface area (Å²) in [6, 6.07) is 13.7. The molecule has 1 N–H and O–H groups in total. The van der Waals surface area contributed by atoms with E-state index in [4.69, 9.17) is 11.6 Å². The van der Waals surface area contributed by atoms with Crippen LogP contribution in [0.4, 0.5) is 0 Å². The van der Waals surface area contributed by atoms with Crippen molar-refractivity contribution in [3.63, 3.8) is 0 Å². The second-order valence-corrected chi connectivity index (χ2v) is 7.30. The van der Waals surface area contributed by atoms with E-state index in [1.54, 1.807) is 0 Å². The van der Waals surface area contributed by atoms with Crippen molar-refractivity contribution < 1.29 is 9.90 Å². The molecule has 2 atom stereocenters. The van der Waals surface area contributed by atoms with E-state index in [1.165, 1.54) is 0 Å². The quantitative estimate of drug-likeness (QED) is 0.775. The molecule has 0 saturated heterocycles. The van der Waals surface area contributed by atoms with Crippen LogP contribution in [0.1, 0.15) is 30.4 Å². The van der Waals surface area contributed by atoms with Gasteiger partial charge in [-0.15, -0.1) is 0 Å². The van der Waals surface area contributed by atoms with Crippen molar-refractivity contribution in [1.82, 2.24) is 0 Å². The first-order valence-corrected chi connectivity index (χ1v) is 8.76. The number of hydrogen-bond donors (Lipinski definition) is 1. The third-order valence-electron chi connectivity index (χ3n) is 5.38. The van der Waals surface area contributed by atoms with Crippen molar-refractivity contribution in [2.45, 2.75) is 26.2 Å². The Morgan fingerprint density at radius 1 is 1.00 bits per heavy atom. The van der Waals surface area contributed by atoms with Crippen molar-refractivity contribution in [2.75, 3.05) is 0 Å². The fourth-order valence-corrected chi connectivity index (χ4v) is 4.11. The maximum atomic E-state index is 12.8. The van der Waals surface area contributed by atoms with E-state index in [9.17, 15) is 9.90 Å². The van der Waals surface area contributed by atoms with E-state index in [1.807, 2.05) is 49.4 Å².